The lowest BCUT2D eigenvalue weighted by Gasteiger charge is -2.03. The molecule has 0 aliphatic heterocycles. The molecular weight excluding hydrogens is 207 g/mol. The molecule has 5 nitrogen and oxygen atoms in total. The Bertz CT molecular complexity index is 236. The summed E-state index contributed by atoms with van der Waals surface area (Å²) in [6.07, 6.45) is 1.28. The van der Waals surface area contributed by atoms with E-state index in [1.807, 2.05) is 0 Å². The fourth-order valence-corrected chi connectivity index (χ4v) is 1.30. The fourth-order valence-electron chi connectivity index (χ4n) is 0.634. The summed E-state index contributed by atoms with van der Waals surface area (Å²) in [4.78, 5) is 10.7. The van der Waals surface area contributed by atoms with Crippen molar-refractivity contribution in [2.45, 2.75) is 13.8 Å². The van der Waals surface area contributed by atoms with Gasteiger partial charge >= 0.3 is 14.2 Å². The SMILES string of the molecule is CCO[PH](=O)OCC(C)=CC(=O)OC. The van der Waals surface area contributed by atoms with Crippen molar-refractivity contribution in [1.82, 2.24) is 0 Å². The molecule has 0 fully saturated rings. The summed E-state index contributed by atoms with van der Waals surface area (Å²) in [7, 11) is -1.13. The molecule has 0 aromatic rings. The lowest BCUT2D eigenvalue weighted by atomic mass is 10.3. The first-order valence-corrected chi connectivity index (χ1v) is 5.37. The van der Waals surface area contributed by atoms with E-state index in [1.165, 1.54) is 13.2 Å². The minimum absolute atomic E-state index is 0.104. The Morgan fingerprint density at radius 1 is 1.43 bits per heavy atom. The van der Waals surface area contributed by atoms with Crippen LogP contribution in [0.15, 0.2) is 11.6 Å². The van der Waals surface area contributed by atoms with Crippen molar-refractivity contribution in [2.75, 3.05) is 20.3 Å². The van der Waals surface area contributed by atoms with Gasteiger partial charge in [0, 0.05) is 6.08 Å². The van der Waals surface area contributed by atoms with Crippen LogP contribution in [0.3, 0.4) is 0 Å². The summed E-state index contributed by atoms with van der Waals surface area (Å²) in [5, 5.41) is 0. The van der Waals surface area contributed by atoms with Crippen molar-refractivity contribution in [2.24, 2.45) is 0 Å². The van der Waals surface area contributed by atoms with Crippen molar-refractivity contribution in [1.29, 1.82) is 0 Å². The van der Waals surface area contributed by atoms with E-state index >= 15 is 0 Å². The van der Waals surface area contributed by atoms with Crippen molar-refractivity contribution in [3.8, 4) is 0 Å². The third-order valence-electron chi connectivity index (χ3n) is 1.25. The molecular formula is C8H15O5P. The molecule has 0 rings (SSSR count). The second kappa shape index (κ2) is 7.74. The smallest absolute Gasteiger partial charge is 0.330 e. The normalized spacial score (nSPS) is 13.8. The predicted molar refractivity (Wildman–Crippen MR) is 52.4 cm³/mol. The Hall–Kier alpha value is -0.640. The highest BCUT2D eigenvalue weighted by Crippen LogP contribution is 2.23. The number of carbonyl (C=O) groups excluding carboxylic acids is 1. The van der Waals surface area contributed by atoms with Gasteiger partial charge in [0.25, 0.3) is 0 Å². The van der Waals surface area contributed by atoms with E-state index in [9.17, 15) is 9.36 Å². The lowest BCUT2D eigenvalue weighted by molar-refractivity contribution is -0.134. The molecule has 0 aliphatic carbocycles. The first-order valence-electron chi connectivity index (χ1n) is 4.14. The van der Waals surface area contributed by atoms with Gasteiger partial charge in [-0.3, -0.25) is 4.57 Å². The van der Waals surface area contributed by atoms with Crippen LogP contribution in [0.5, 0.6) is 0 Å². The van der Waals surface area contributed by atoms with Crippen LogP contribution in [0.25, 0.3) is 0 Å². The van der Waals surface area contributed by atoms with Gasteiger partial charge in [0.05, 0.1) is 20.3 Å². The lowest BCUT2D eigenvalue weighted by Crippen LogP contribution is -1.99. The summed E-state index contributed by atoms with van der Waals surface area (Å²) in [5.41, 5.74) is 0.634. The highest BCUT2D eigenvalue weighted by Gasteiger charge is 2.00. The highest BCUT2D eigenvalue weighted by atomic mass is 31.1. The van der Waals surface area contributed by atoms with Gasteiger partial charge < -0.3 is 13.8 Å². The molecule has 0 spiro atoms. The van der Waals surface area contributed by atoms with Crippen LogP contribution in [-0.2, 0) is 23.1 Å². The number of esters is 1. The summed E-state index contributed by atoms with van der Waals surface area (Å²) in [6.45, 7) is 3.85. The fraction of sp³-hybridized carbons (Fsp3) is 0.625. The van der Waals surface area contributed by atoms with Gasteiger partial charge in [0.15, 0.2) is 0 Å². The molecule has 1 atom stereocenters. The van der Waals surface area contributed by atoms with E-state index in [4.69, 9.17) is 9.05 Å². The maximum absolute atomic E-state index is 10.9. The van der Waals surface area contributed by atoms with Crippen molar-refractivity contribution >= 4 is 14.2 Å². The Morgan fingerprint density at radius 2 is 2.07 bits per heavy atom. The second-order valence-corrected chi connectivity index (χ2v) is 3.56. The topological polar surface area (TPSA) is 61.8 Å². The van der Waals surface area contributed by atoms with Crippen LogP contribution in [0.2, 0.25) is 0 Å². The largest absolute Gasteiger partial charge is 0.466 e. The third kappa shape index (κ3) is 6.83. The molecule has 1 unspecified atom stereocenters. The summed E-state index contributed by atoms with van der Waals surface area (Å²) < 4.78 is 24.8. The molecule has 0 bridgehead atoms. The molecule has 14 heavy (non-hydrogen) atoms. The van der Waals surface area contributed by atoms with Crippen LogP contribution < -0.4 is 0 Å². The number of carbonyl (C=O) groups is 1. The van der Waals surface area contributed by atoms with E-state index in [0.717, 1.165) is 0 Å². The number of hydrogen-bond donors (Lipinski definition) is 0. The standard InChI is InChI=1S/C8H15O5P/c1-4-12-14(10)13-6-7(2)5-8(9)11-3/h5,14H,4,6H2,1-3H3. The van der Waals surface area contributed by atoms with Crippen molar-refractivity contribution in [3.05, 3.63) is 11.6 Å². The molecule has 0 aliphatic rings. The minimum atomic E-state index is -2.42. The minimum Gasteiger partial charge on any atom is -0.466 e. The van der Waals surface area contributed by atoms with Gasteiger partial charge in [-0.25, -0.2) is 4.79 Å². The first-order chi connectivity index (χ1) is 6.60. The Balaban J connectivity index is 3.83. The number of methoxy groups -OCH3 is 1. The van der Waals surface area contributed by atoms with Gasteiger partial charge in [0.2, 0.25) is 0 Å². The number of ether oxygens (including phenoxy) is 1. The molecule has 0 heterocycles. The van der Waals surface area contributed by atoms with E-state index in [-0.39, 0.29) is 6.61 Å². The molecule has 0 amide bonds. The van der Waals surface area contributed by atoms with Crippen LogP contribution in [-0.4, -0.2) is 26.3 Å². The Morgan fingerprint density at radius 3 is 2.57 bits per heavy atom. The van der Waals surface area contributed by atoms with Gasteiger partial charge in [-0.2, -0.15) is 0 Å². The van der Waals surface area contributed by atoms with Gasteiger partial charge in [-0.05, 0) is 19.4 Å². The van der Waals surface area contributed by atoms with E-state index in [1.54, 1.807) is 13.8 Å². The average Bonchev–Trinajstić information content (AvgIpc) is 2.15. The molecule has 0 N–H and O–H groups in total. The monoisotopic (exact) mass is 222 g/mol. The van der Waals surface area contributed by atoms with Crippen LogP contribution >= 0.6 is 8.25 Å². The summed E-state index contributed by atoms with van der Waals surface area (Å²) in [6, 6.07) is 0. The zero-order chi connectivity index (χ0) is 11.0. The summed E-state index contributed by atoms with van der Waals surface area (Å²) >= 11 is 0. The Kier molecular flexibility index (Phi) is 7.38. The van der Waals surface area contributed by atoms with E-state index in [2.05, 4.69) is 4.74 Å². The predicted octanol–water partition coefficient (Wildman–Crippen LogP) is 1.55. The highest BCUT2D eigenvalue weighted by molar-refractivity contribution is 7.33. The number of rotatable bonds is 6. The van der Waals surface area contributed by atoms with Crippen LogP contribution in [0.1, 0.15) is 13.8 Å². The zero-order valence-corrected chi connectivity index (χ0v) is 9.53. The molecule has 0 radical (unpaired) electrons. The molecule has 6 heteroatoms. The molecule has 0 aromatic heterocycles. The molecule has 0 saturated carbocycles. The maximum atomic E-state index is 10.9. The third-order valence-corrected chi connectivity index (χ3v) is 2.15. The van der Waals surface area contributed by atoms with Crippen molar-refractivity contribution < 1.29 is 23.1 Å². The first kappa shape index (κ1) is 13.4. The zero-order valence-electron chi connectivity index (χ0n) is 8.53. The Labute approximate surface area is 84.0 Å². The average molecular weight is 222 g/mol. The van der Waals surface area contributed by atoms with E-state index in [0.29, 0.717) is 12.2 Å². The van der Waals surface area contributed by atoms with Crippen molar-refractivity contribution in [3.63, 3.8) is 0 Å². The second-order valence-electron chi connectivity index (χ2n) is 2.49. The van der Waals surface area contributed by atoms with Crippen LogP contribution in [0.4, 0.5) is 0 Å². The number of hydrogen-bond acceptors (Lipinski definition) is 5. The van der Waals surface area contributed by atoms with Gasteiger partial charge in [-0.1, -0.05) is 0 Å². The molecule has 82 valence electrons. The quantitative estimate of drug-likeness (QED) is 0.387. The van der Waals surface area contributed by atoms with Gasteiger partial charge in [0.1, 0.15) is 0 Å². The van der Waals surface area contributed by atoms with E-state index < -0.39 is 14.2 Å². The summed E-state index contributed by atoms with van der Waals surface area (Å²) in [5.74, 6) is -0.456. The molecule has 0 saturated heterocycles. The van der Waals surface area contributed by atoms with Crippen LogP contribution in [0, 0.1) is 0 Å². The molecule has 0 aromatic carbocycles. The van der Waals surface area contributed by atoms with Gasteiger partial charge in [-0.15, -0.1) is 0 Å². The maximum Gasteiger partial charge on any atom is 0.330 e.